The third-order valence-electron chi connectivity index (χ3n) is 4.09. The minimum Gasteiger partial charge on any atom is -0.383 e. The molecular formula is C16H25NO. The number of ether oxygens (including phenoxy) is 1. The van der Waals surface area contributed by atoms with E-state index in [1.807, 2.05) is 0 Å². The molecule has 0 aromatic heterocycles. The third kappa shape index (κ3) is 2.93. The van der Waals surface area contributed by atoms with Crippen molar-refractivity contribution in [1.82, 2.24) is 5.32 Å². The molecule has 0 heterocycles. The minimum absolute atomic E-state index is 0.362. The molecule has 1 saturated carbocycles. The van der Waals surface area contributed by atoms with Crippen LogP contribution in [-0.2, 0) is 10.2 Å². The van der Waals surface area contributed by atoms with E-state index in [-0.39, 0.29) is 0 Å². The maximum atomic E-state index is 5.09. The molecule has 1 aliphatic carbocycles. The van der Waals surface area contributed by atoms with Crippen LogP contribution in [0.25, 0.3) is 0 Å². The summed E-state index contributed by atoms with van der Waals surface area (Å²) in [5.74, 6) is 0.857. The molecule has 0 saturated heterocycles. The predicted molar refractivity (Wildman–Crippen MR) is 76.0 cm³/mol. The summed E-state index contributed by atoms with van der Waals surface area (Å²) in [6, 6.07) is 9.07. The molecule has 0 bridgehead atoms. The van der Waals surface area contributed by atoms with Crippen LogP contribution in [0, 0.1) is 12.8 Å². The van der Waals surface area contributed by atoms with Gasteiger partial charge in [-0.3, -0.25) is 0 Å². The van der Waals surface area contributed by atoms with Gasteiger partial charge in [-0.15, -0.1) is 0 Å². The van der Waals surface area contributed by atoms with Crippen LogP contribution in [0.15, 0.2) is 24.3 Å². The monoisotopic (exact) mass is 247 g/mol. The lowest BCUT2D eigenvalue weighted by Crippen LogP contribution is -2.48. The standard InChI is InChI=1S/C16H25NO/c1-13-4-6-15(7-5-13)16(10-14(2)11-16)12-17-8-9-18-3/h4-7,14,17H,8-12H2,1-3H3. The number of benzene rings is 1. The molecule has 0 spiro atoms. The highest BCUT2D eigenvalue weighted by atomic mass is 16.5. The summed E-state index contributed by atoms with van der Waals surface area (Å²) < 4.78 is 5.09. The number of nitrogens with one attached hydrogen (secondary N) is 1. The topological polar surface area (TPSA) is 21.3 Å². The minimum atomic E-state index is 0.362. The van der Waals surface area contributed by atoms with Gasteiger partial charge in [0.1, 0.15) is 0 Å². The summed E-state index contributed by atoms with van der Waals surface area (Å²) >= 11 is 0. The van der Waals surface area contributed by atoms with Gasteiger partial charge in [-0.05, 0) is 31.2 Å². The first kappa shape index (κ1) is 13.6. The molecular weight excluding hydrogens is 222 g/mol. The SMILES string of the molecule is COCCNCC1(c2ccc(C)cc2)CC(C)C1. The molecule has 0 amide bonds. The van der Waals surface area contributed by atoms with Gasteiger partial charge in [-0.2, -0.15) is 0 Å². The number of rotatable bonds is 6. The molecule has 18 heavy (non-hydrogen) atoms. The van der Waals surface area contributed by atoms with E-state index in [2.05, 4.69) is 43.4 Å². The Labute approximate surface area is 111 Å². The second kappa shape index (κ2) is 5.85. The van der Waals surface area contributed by atoms with Crippen molar-refractivity contribution in [2.45, 2.75) is 32.1 Å². The van der Waals surface area contributed by atoms with E-state index in [9.17, 15) is 0 Å². The Morgan fingerprint density at radius 3 is 2.50 bits per heavy atom. The van der Waals surface area contributed by atoms with Gasteiger partial charge in [0.2, 0.25) is 0 Å². The Hall–Kier alpha value is -0.860. The molecule has 2 rings (SSSR count). The Balaban J connectivity index is 2.00. The van der Waals surface area contributed by atoms with Crippen molar-refractivity contribution in [1.29, 1.82) is 0 Å². The summed E-state index contributed by atoms with van der Waals surface area (Å²) in [5.41, 5.74) is 3.20. The number of aryl methyl sites for hydroxylation is 1. The Bertz CT molecular complexity index is 365. The maximum Gasteiger partial charge on any atom is 0.0587 e. The average molecular weight is 247 g/mol. The lowest BCUT2D eigenvalue weighted by Gasteiger charge is -2.47. The van der Waals surface area contributed by atoms with Gasteiger partial charge in [0.15, 0.2) is 0 Å². The Morgan fingerprint density at radius 1 is 1.28 bits per heavy atom. The summed E-state index contributed by atoms with van der Waals surface area (Å²) in [7, 11) is 1.75. The van der Waals surface area contributed by atoms with E-state index in [1.165, 1.54) is 24.0 Å². The van der Waals surface area contributed by atoms with Crippen LogP contribution in [0.4, 0.5) is 0 Å². The van der Waals surface area contributed by atoms with Gasteiger partial charge in [0.25, 0.3) is 0 Å². The summed E-state index contributed by atoms with van der Waals surface area (Å²) in [5, 5.41) is 3.54. The number of methoxy groups -OCH3 is 1. The normalized spacial score (nSPS) is 26.9. The van der Waals surface area contributed by atoms with E-state index in [0.717, 1.165) is 25.6 Å². The molecule has 0 aliphatic heterocycles. The third-order valence-corrected chi connectivity index (χ3v) is 4.09. The first-order chi connectivity index (χ1) is 8.66. The quantitative estimate of drug-likeness (QED) is 0.780. The van der Waals surface area contributed by atoms with Crippen LogP contribution in [0.1, 0.15) is 30.9 Å². The van der Waals surface area contributed by atoms with Crippen LogP contribution >= 0.6 is 0 Å². The highest BCUT2D eigenvalue weighted by Gasteiger charge is 2.42. The summed E-state index contributed by atoms with van der Waals surface area (Å²) in [4.78, 5) is 0. The van der Waals surface area contributed by atoms with E-state index < -0.39 is 0 Å². The van der Waals surface area contributed by atoms with Gasteiger partial charge >= 0.3 is 0 Å². The van der Waals surface area contributed by atoms with Gasteiger partial charge < -0.3 is 10.1 Å². The Kier molecular flexibility index (Phi) is 4.41. The zero-order valence-corrected chi connectivity index (χ0v) is 11.8. The largest absolute Gasteiger partial charge is 0.383 e. The van der Waals surface area contributed by atoms with E-state index in [1.54, 1.807) is 7.11 Å². The fraction of sp³-hybridized carbons (Fsp3) is 0.625. The molecule has 0 atom stereocenters. The maximum absolute atomic E-state index is 5.09. The fourth-order valence-electron chi connectivity index (χ4n) is 3.17. The first-order valence-corrected chi connectivity index (χ1v) is 6.93. The van der Waals surface area contributed by atoms with Crippen molar-refractivity contribution in [3.63, 3.8) is 0 Å². The van der Waals surface area contributed by atoms with Crippen LogP contribution in [0.2, 0.25) is 0 Å². The predicted octanol–water partition coefficient (Wildman–Crippen LogP) is 2.90. The summed E-state index contributed by atoms with van der Waals surface area (Å²) in [6.45, 7) is 7.31. The molecule has 1 fully saturated rings. The van der Waals surface area contributed by atoms with Crippen molar-refractivity contribution >= 4 is 0 Å². The zero-order valence-electron chi connectivity index (χ0n) is 11.8. The lowest BCUT2D eigenvalue weighted by atomic mass is 9.59. The molecule has 100 valence electrons. The smallest absolute Gasteiger partial charge is 0.0587 e. The van der Waals surface area contributed by atoms with E-state index >= 15 is 0 Å². The van der Waals surface area contributed by atoms with Crippen molar-refractivity contribution < 1.29 is 4.74 Å². The first-order valence-electron chi connectivity index (χ1n) is 6.93. The molecule has 0 unspecified atom stereocenters. The van der Waals surface area contributed by atoms with Crippen molar-refractivity contribution in [2.75, 3.05) is 26.8 Å². The molecule has 1 aliphatic rings. The highest BCUT2D eigenvalue weighted by Crippen LogP contribution is 2.47. The van der Waals surface area contributed by atoms with Crippen molar-refractivity contribution in [2.24, 2.45) is 5.92 Å². The van der Waals surface area contributed by atoms with Crippen LogP contribution in [0.5, 0.6) is 0 Å². The van der Waals surface area contributed by atoms with Gasteiger partial charge in [0.05, 0.1) is 6.61 Å². The molecule has 1 aromatic carbocycles. The van der Waals surface area contributed by atoms with Crippen molar-refractivity contribution in [3.05, 3.63) is 35.4 Å². The second-order valence-electron chi connectivity index (χ2n) is 5.83. The van der Waals surface area contributed by atoms with Crippen molar-refractivity contribution in [3.8, 4) is 0 Å². The second-order valence-corrected chi connectivity index (χ2v) is 5.83. The van der Waals surface area contributed by atoms with Crippen LogP contribution < -0.4 is 5.32 Å². The average Bonchev–Trinajstić information content (AvgIpc) is 2.33. The van der Waals surface area contributed by atoms with E-state index in [4.69, 9.17) is 4.74 Å². The number of hydrogen-bond acceptors (Lipinski definition) is 2. The molecule has 2 heteroatoms. The highest BCUT2D eigenvalue weighted by molar-refractivity contribution is 5.32. The fourth-order valence-corrected chi connectivity index (χ4v) is 3.17. The molecule has 2 nitrogen and oxygen atoms in total. The van der Waals surface area contributed by atoms with Gasteiger partial charge in [0, 0.05) is 25.6 Å². The zero-order chi connectivity index (χ0) is 13.0. The number of hydrogen-bond donors (Lipinski definition) is 1. The molecule has 0 radical (unpaired) electrons. The molecule has 1 aromatic rings. The van der Waals surface area contributed by atoms with Crippen LogP contribution in [0.3, 0.4) is 0 Å². The lowest BCUT2D eigenvalue weighted by molar-refractivity contribution is 0.144. The van der Waals surface area contributed by atoms with E-state index in [0.29, 0.717) is 5.41 Å². The molecule has 1 N–H and O–H groups in total. The van der Waals surface area contributed by atoms with Gasteiger partial charge in [-0.1, -0.05) is 36.8 Å². The van der Waals surface area contributed by atoms with Crippen LogP contribution in [-0.4, -0.2) is 26.8 Å². The summed E-state index contributed by atoms with van der Waals surface area (Å²) in [6.07, 6.45) is 2.60. The van der Waals surface area contributed by atoms with Gasteiger partial charge in [-0.25, -0.2) is 0 Å². The Morgan fingerprint density at radius 2 is 1.94 bits per heavy atom.